The van der Waals surface area contributed by atoms with Crippen molar-refractivity contribution in [1.29, 1.82) is 0 Å². The smallest absolute Gasteiger partial charge is 0.416 e. The molecule has 11 heteroatoms. The SMILES string of the molecule is Cc1cc(Nc2cc(C(F)(F)F)ccn2)nc(-n2cnc([C@]3(O)CC[C@@H](OC(=O)c4ccccc4)CC3)c2)c1. The molecule has 0 radical (unpaired) electrons. The zero-order valence-electron chi connectivity index (χ0n) is 21.0. The Balaban J connectivity index is 1.27. The molecule has 0 amide bonds. The van der Waals surface area contributed by atoms with Gasteiger partial charge in [0.25, 0.3) is 0 Å². The van der Waals surface area contributed by atoms with Crippen molar-refractivity contribution in [3.05, 3.63) is 95.7 Å². The highest BCUT2D eigenvalue weighted by atomic mass is 19.4. The van der Waals surface area contributed by atoms with E-state index in [-0.39, 0.29) is 17.9 Å². The van der Waals surface area contributed by atoms with E-state index in [1.54, 1.807) is 47.2 Å². The summed E-state index contributed by atoms with van der Waals surface area (Å²) < 4.78 is 46.5. The number of hydrogen-bond donors (Lipinski definition) is 2. The van der Waals surface area contributed by atoms with Crippen LogP contribution in [-0.4, -0.2) is 36.7 Å². The number of nitrogens with one attached hydrogen (secondary N) is 1. The molecule has 39 heavy (non-hydrogen) atoms. The molecular weight excluding hydrogens is 511 g/mol. The van der Waals surface area contributed by atoms with Crippen molar-refractivity contribution in [2.75, 3.05) is 5.32 Å². The second kappa shape index (κ2) is 10.5. The number of hydrogen-bond acceptors (Lipinski definition) is 7. The van der Waals surface area contributed by atoms with Gasteiger partial charge >= 0.3 is 12.1 Å². The number of halogens is 3. The normalized spacial score (nSPS) is 19.5. The molecule has 0 bridgehead atoms. The Labute approximate surface area is 222 Å². The number of imidazole rings is 1. The van der Waals surface area contributed by atoms with Crippen LogP contribution in [0.3, 0.4) is 0 Å². The lowest BCUT2D eigenvalue weighted by Crippen LogP contribution is -2.35. The number of nitrogens with zero attached hydrogens (tertiary/aromatic N) is 4. The third kappa shape index (κ3) is 6.09. The first-order valence-electron chi connectivity index (χ1n) is 12.4. The zero-order valence-corrected chi connectivity index (χ0v) is 21.0. The van der Waals surface area contributed by atoms with Crippen LogP contribution < -0.4 is 5.32 Å². The standard InChI is InChI=1S/C28H26F3N5O3/c1-18-13-24(34-23-15-20(9-12-32-23)28(29,30)31)35-25(14-18)36-16-22(33-17-36)27(38)10-7-21(8-11-27)39-26(37)19-5-3-2-4-6-19/h2-6,9,12-17,21,38H,7-8,10-11H2,1H3,(H,32,34,35)/t21-,27+. The lowest BCUT2D eigenvalue weighted by molar-refractivity contribution is -0.137. The van der Waals surface area contributed by atoms with Crippen LogP contribution in [0.5, 0.6) is 0 Å². The van der Waals surface area contributed by atoms with E-state index in [4.69, 9.17) is 4.74 Å². The van der Waals surface area contributed by atoms with E-state index < -0.39 is 17.3 Å². The number of pyridine rings is 2. The Morgan fingerprint density at radius 1 is 1.08 bits per heavy atom. The number of benzene rings is 1. The fourth-order valence-electron chi connectivity index (χ4n) is 4.58. The number of ether oxygens (including phenoxy) is 1. The number of aryl methyl sites for hydroxylation is 1. The van der Waals surface area contributed by atoms with Crippen LogP contribution in [0.25, 0.3) is 5.82 Å². The predicted octanol–water partition coefficient (Wildman–Crippen LogP) is 5.72. The van der Waals surface area contributed by atoms with E-state index in [1.165, 1.54) is 6.33 Å². The van der Waals surface area contributed by atoms with Crippen molar-refractivity contribution in [2.45, 2.75) is 50.5 Å². The molecule has 1 aromatic carbocycles. The van der Waals surface area contributed by atoms with Crippen LogP contribution in [0, 0.1) is 6.92 Å². The highest BCUT2D eigenvalue weighted by molar-refractivity contribution is 5.89. The molecule has 1 saturated carbocycles. The molecular formula is C28H26F3N5O3. The van der Waals surface area contributed by atoms with Crippen molar-refractivity contribution in [2.24, 2.45) is 0 Å². The maximum Gasteiger partial charge on any atom is 0.416 e. The Kier molecular flexibility index (Phi) is 7.09. The first-order valence-corrected chi connectivity index (χ1v) is 12.4. The molecule has 0 saturated heterocycles. The summed E-state index contributed by atoms with van der Waals surface area (Å²) in [5.74, 6) is 0.411. The van der Waals surface area contributed by atoms with Gasteiger partial charge in [0.2, 0.25) is 0 Å². The van der Waals surface area contributed by atoms with Crippen LogP contribution in [0.15, 0.2) is 73.3 Å². The molecule has 0 aliphatic heterocycles. The molecule has 0 spiro atoms. The van der Waals surface area contributed by atoms with Gasteiger partial charge < -0.3 is 15.2 Å². The minimum atomic E-state index is -4.49. The fourth-order valence-corrected chi connectivity index (χ4v) is 4.58. The minimum absolute atomic E-state index is 0.0132. The number of rotatable bonds is 6. The molecule has 0 atom stereocenters. The number of esters is 1. The van der Waals surface area contributed by atoms with Crippen LogP contribution in [-0.2, 0) is 16.5 Å². The topological polar surface area (TPSA) is 102 Å². The van der Waals surface area contributed by atoms with Crippen molar-refractivity contribution < 1.29 is 27.8 Å². The number of alkyl halides is 3. The van der Waals surface area contributed by atoms with Gasteiger partial charge in [0, 0.05) is 12.4 Å². The first kappa shape index (κ1) is 26.4. The van der Waals surface area contributed by atoms with Gasteiger partial charge in [-0.2, -0.15) is 13.2 Å². The largest absolute Gasteiger partial charge is 0.459 e. The summed E-state index contributed by atoms with van der Waals surface area (Å²) in [6, 6.07) is 14.1. The molecule has 4 aromatic rings. The number of carbonyl (C=O) groups excluding carboxylic acids is 1. The summed E-state index contributed by atoms with van der Waals surface area (Å²) >= 11 is 0. The van der Waals surface area contributed by atoms with Gasteiger partial charge in [0.05, 0.1) is 16.8 Å². The number of anilines is 2. The maximum atomic E-state index is 13.1. The maximum absolute atomic E-state index is 13.1. The van der Waals surface area contributed by atoms with E-state index in [0.717, 1.165) is 23.9 Å². The highest BCUT2D eigenvalue weighted by Crippen LogP contribution is 2.38. The van der Waals surface area contributed by atoms with E-state index in [0.29, 0.717) is 48.6 Å². The summed E-state index contributed by atoms with van der Waals surface area (Å²) in [5.41, 5.74) is -0.240. The van der Waals surface area contributed by atoms with Gasteiger partial charge in [-0.05, 0) is 74.6 Å². The molecule has 2 N–H and O–H groups in total. The summed E-state index contributed by atoms with van der Waals surface area (Å²) in [6.07, 6.45) is 1.23. The third-order valence-electron chi connectivity index (χ3n) is 6.67. The molecule has 0 unspecified atom stereocenters. The molecule has 1 aliphatic carbocycles. The highest BCUT2D eigenvalue weighted by Gasteiger charge is 2.38. The Hall–Kier alpha value is -4.25. The number of carbonyl (C=O) groups is 1. The van der Waals surface area contributed by atoms with Gasteiger partial charge in [-0.15, -0.1) is 0 Å². The zero-order chi connectivity index (χ0) is 27.6. The monoisotopic (exact) mass is 537 g/mol. The Morgan fingerprint density at radius 3 is 2.54 bits per heavy atom. The molecule has 1 fully saturated rings. The van der Waals surface area contributed by atoms with Crippen LogP contribution in [0.2, 0.25) is 0 Å². The molecule has 5 rings (SSSR count). The molecule has 8 nitrogen and oxygen atoms in total. The quantitative estimate of drug-likeness (QED) is 0.303. The first-order chi connectivity index (χ1) is 18.6. The van der Waals surface area contributed by atoms with E-state index >= 15 is 0 Å². The van der Waals surface area contributed by atoms with Crippen molar-refractivity contribution in [3.8, 4) is 5.82 Å². The average Bonchev–Trinajstić information content (AvgIpc) is 3.42. The van der Waals surface area contributed by atoms with E-state index in [1.807, 2.05) is 13.0 Å². The fraction of sp³-hybridized carbons (Fsp3) is 0.286. The van der Waals surface area contributed by atoms with E-state index in [9.17, 15) is 23.1 Å². The third-order valence-corrected chi connectivity index (χ3v) is 6.67. The predicted molar refractivity (Wildman–Crippen MR) is 137 cm³/mol. The average molecular weight is 538 g/mol. The Morgan fingerprint density at radius 2 is 1.82 bits per heavy atom. The summed E-state index contributed by atoms with van der Waals surface area (Å²) in [7, 11) is 0. The second-order valence-corrected chi connectivity index (χ2v) is 9.61. The van der Waals surface area contributed by atoms with Crippen molar-refractivity contribution in [1.82, 2.24) is 19.5 Å². The van der Waals surface area contributed by atoms with E-state index in [2.05, 4.69) is 20.3 Å². The molecule has 3 aromatic heterocycles. The van der Waals surface area contributed by atoms with Gasteiger partial charge in [-0.25, -0.2) is 19.7 Å². The van der Waals surface area contributed by atoms with Gasteiger partial charge in [-0.3, -0.25) is 4.57 Å². The van der Waals surface area contributed by atoms with Crippen molar-refractivity contribution >= 4 is 17.6 Å². The summed E-state index contributed by atoms with van der Waals surface area (Å²) in [4.78, 5) is 25.2. The van der Waals surface area contributed by atoms with Crippen LogP contribution >= 0.6 is 0 Å². The van der Waals surface area contributed by atoms with Gasteiger partial charge in [0.15, 0.2) is 0 Å². The van der Waals surface area contributed by atoms with Crippen molar-refractivity contribution in [3.63, 3.8) is 0 Å². The van der Waals surface area contributed by atoms with Gasteiger partial charge in [0.1, 0.15) is 35.5 Å². The minimum Gasteiger partial charge on any atom is -0.459 e. The Bertz CT molecular complexity index is 1460. The van der Waals surface area contributed by atoms with Gasteiger partial charge in [-0.1, -0.05) is 18.2 Å². The lowest BCUT2D eigenvalue weighted by atomic mass is 9.81. The summed E-state index contributed by atoms with van der Waals surface area (Å²) in [5, 5.41) is 14.1. The molecule has 1 aliphatic rings. The summed E-state index contributed by atoms with van der Waals surface area (Å²) in [6.45, 7) is 1.83. The molecule has 3 heterocycles. The van der Waals surface area contributed by atoms with Crippen LogP contribution in [0.1, 0.15) is 52.9 Å². The number of aliphatic hydroxyl groups is 1. The van der Waals surface area contributed by atoms with Crippen LogP contribution in [0.4, 0.5) is 24.8 Å². The lowest BCUT2D eigenvalue weighted by Gasteiger charge is -2.34. The molecule has 202 valence electrons. The second-order valence-electron chi connectivity index (χ2n) is 9.61. The number of aromatic nitrogens is 4.